The van der Waals surface area contributed by atoms with Crippen LogP contribution in [0.1, 0.15) is 89.7 Å². The summed E-state index contributed by atoms with van der Waals surface area (Å²) in [7, 11) is 0. The molecule has 2 N–H and O–H groups in total. The highest BCUT2D eigenvalue weighted by atomic mass is 16.5. The van der Waals surface area contributed by atoms with Gasteiger partial charge in [0, 0.05) is 28.8 Å². The van der Waals surface area contributed by atoms with Gasteiger partial charge in [0.25, 0.3) is 0 Å². The Balaban J connectivity index is 1.43. The number of carbonyl (C=O) groups is 2. The molecule has 1 aromatic heterocycles. The zero-order valence-corrected chi connectivity index (χ0v) is 23.3. The van der Waals surface area contributed by atoms with Crippen LogP contribution in [-0.2, 0) is 19.1 Å². The number of aromatic amines is 1. The SMILES string of the molecule is CC1=C(C(=O)OCC2CCCCC2)C(c2cnc(-c3ccccc3)[nH]2)C(C(=O)OCC2CCCCC2)=C(C)N1. The van der Waals surface area contributed by atoms with E-state index in [2.05, 4.69) is 15.3 Å². The van der Waals surface area contributed by atoms with Crippen LogP contribution in [0.4, 0.5) is 0 Å². The highest BCUT2D eigenvalue weighted by Crippen LogP contribution is 2.39. The summed E-state index contributed by atoms with van der Waals surface area (Å²) in [4.78, 5) is 35.3. The fraction of sp³-hybridized carbons (Fsp3) is 0.531. The maximum absolute atomic E-state index is 13.7. The normalized spacial score (nSPS) is 19.6. The quantitative estimate of drug-likeness (QED) is 0.375. The molecule has 0 atom stereocenters. The summed E-state index contributed by atoms with van der Waals surface area (Å²) >= 11 is 0. The number of benzene rings is 1. The molecule has 2 aromatic rings. The van der Waals surface area contributed by atoms with E-state index in [0.29, 0.717) is 59.1 Å². The van der Waals surface area contributed by atoms with Crippen LogP contribution in [0.3, 0.4) is 0 Å². The number of dihydropyridines is 1. The number of hydrogen-bond donors (Lipinski definition) is 2. The lowest BCUT2D eigenvalue weighted by Crippen LogP contribution is -2.33. The minimum Gasteiger partial charge on any atom is -0.462 e. The molecule has 0 radical (unpaired) electrons. The average Bonchev–Trinajstić information content (AvgIpc) is 3.46. The van der Waals surface area contributed by atoms with Crippen molar-refractivity contribution in [3.05, 3.63) is 64.8 Å². The van der Waals surface area contributed by atoms with Gasteiger partial charge < -0.3 is 19.8 Å². The van der Waals surface area contributed by atoms with Crippen molar-refractivity contribution in [2.45, 2.75) is 84.0 Å². The Morgan fingerprint density at radius 3 is 1.82 bits per heavy atom. The van der Waals surface area contributed by atoms with Crippen LogP contribution in [0.15, 0.2) is 59.1 Å². The molecular weight excluding hydrogens is 490 g/mol. The third-order valence-electron chi connectivity index (χ3n) is 8.50. The monoisotopic (exact) mass is 531 g/mol. The minimum atomic E-state index is -0.658. The van der Waals surface area contributed by atoms with Crippen molar-refractivity contribution in [1.82, 2.24) is 15.3 Å². The largest absolute Gasteiger partial charge is 0.462 e. The van der Waals surface area contributed by atoms with Crippen LogP contribution in [0.2, 0.25) is 0 Å². The van der Waals surface area contributed by atoms with E-state index in [4.69, 9.17) is 9.47 Å². The van der Waals surface area contributed by atoms with Crippen LogP contribution in [0.25, 0.3) is 11.4 Å². The molecule has 2 heterocycles. The Bertz CT molecular complexity index is 1160. The first-order valence-electron chi connectivity index (χ1n) is 14.6. The minimum absolute atomic E-state index is 0.392. The molecular formula is C32H41N3O4. The third-order valence-corrected chi connectivity index (χ3v) is 8.50. The van der Waals surface area contributed by atoms with Gasteiger partial charge in [0.2, 0.25) is 0 Å². The van der Waals surface area contributed by atoms with E-state index in [1.807, 2.05) is 44.2 Å². The van der Waals surface area contributed by atoms with Gasteiger partial charge in [-0.2, -0.15) is 0 Å². The molecule has 7 heteroatoms. The summed E-state index contributed by atoms with van der Waals surface area (Å²) in [5.74, 6) is 0.0338. The van der Waals surface area contributed by atoms with Crippen molar-refractivity contribution >= 4 is 11.9 Å². The molecule has 3 aliphatic rings. The van der Waals surface area contributed by atoms with Gasteiger partial charge in [0.05, 0.1) is 30.3 Å². The fourth-order valence-corrected chi connectivity index (χ4v) is 6.32. The number of H-pyrrole nitrogens is 1. The van der Waals surface area contributed by atoms with Crippen LogP contribution in [0, 0.1) is 11.8 Å². The first kappa shape index (κ1) is 27.2. The Kier molecular flexibility index (Phi) is 8.84. The van der Waals surface area contributed by atoms with Crippen molar-refractivity contribution in [2.75, 3.05) is 13.2 Å². The number of nitrogens with one attached hydrogen (secondary N) is 2. The number of allylic oxidation sites excluding steroid dienone is 2. The summed E-state index contributed by atoms with van der Waals surface area (Å²) in [6.07, 6.45) is 13.3. The topological polar surface area (TPSA) is 93.3 Å². The third kappa shape index (κ3) is 6.45. The number of aromatic nitrogens is 2. The first-order valence-corrected chi connectivity index (χ1v) is 14.6. The van der Waals surface area contributed by atoms with Gasteiger partial charge in [0.15, 0.2) is 0 Å². The van der Waals surface area contributed by atoms with Crippen molar-refractivity contribution in [3.8, 4) is 11.4 Å². The standard InChI is InChI=1S/C32H41N3O4/c1-21-27(31(36)38-19-23-12-6-3-7-13-23)29(26-18-33-30(35-26)25-16-10-5-11-17-25)28(22(2)34-21)32(37)39-20-24-14-8-4-9-15-24/h5,10-11,16-18,23-24,29,34H,3-4,6-9,12-15,19-20H2,1-2H3,(H,33,35). The zero-order valence-electron chi connectivity index (χ0n) is 23.3. The molecule has 2 saturated carbocycles. The highest BCUT2D eigenvalue weighted by Gasteiger charge is 2.39. The van der Waals surface area contributed by atoms with E-state index in [0.717, 1.165) is 31.2 Å². The second-order valence-corrected chi connectivity index (χ2v) is 11.4. The Hall–Kier alpha value is -3.35. The Morgan fingerprint density at radius 1 is 0.795 bits per heavy atom. The predicted octanol–water partition coefficient (Wildman–Crippen LogP) is 6.56. The second-order valence-electron chi connectivity index (χ2n) is 11.4. The van der Waals surface area contributed by atoms with E-state index in [1.54, 1.807) is 6.20 Å². The van der Waals surface area contributed by atoms with Gasteiger partial charge in [0.1, 0.15) is 5.82 Å². The van der Waals surface area contributed by atoms with Gasteiger partial charge in [-0.05, 0) is 51.4 Å². The van der Waals surface area contributed by atoms with Crippen LogP contribution in [-0.4, -0.2) is 35.1 Å². The molecule has 1 aromatic carbocycles. The summed E-state index contributed by atoms with van der Waals surface area (Å²) in [6, 6.07) is 9.83. The zero-order chi connectivity index (χ0) is 27.2. The van der Waals surface area contributed by atoms with Gasteiger partial charge >= 0.3 is 11.9 Å². The van der Waals surface area contributed by atoms with Gasteiger partial charge in [-0.15, -0.1) is 0 Å². The van der Waals surface area contributed by atoms with Gasteiger partial charge in [-0.3, -0.25) is 0 Å². The number of carbonyl (C=O) groups excluding carboxylic acids is 2. The molecule has 2 aliphatic carbocycles. The molecule has 0 unspecified atom stereocenters. The number of esters is 2. The van der Waals surface area contributed by atoms with E-state index >= 15 is 0 Å². The lowest BCUT2D eigenvalue weighted by molar-refractivity contribution is -0.141. The summed E-state index contributed by atoms with van der Waals surface area (Å²) in [6.45, 7) is 4.55. The van der Waals surface area contributed by atoms with Crippen molar-refractivity contribution in [3.63, 3.8) is 0 Å². The van der Waals surface area contributed by atoms with Gasteiger partial charge in [-0.1, -0.05) is 68.9 Å². The van der Waals surface area contributed by atoms with Crippen molar-refractivity contribution in [1.29, 1.82) is 0 Å². The van der Waals surface area contributed by atoms with E-state index in [1.165, 1.54) is 38.5 Å². The molecule has 5 rings (SSSR count). The Labute approximate surface area is 231 Å². The van der Waals surface area contributed by atoms with E-state index in [-0.39, 0.29) is 0 Å². The molecule has 0 amide bonds. The molecule has 1 aliphatic heterocycles. The Morgan fingerprint density at radius 2 is 1.31 bits per heavy atom. The fourth-order valence-electron chi connectivity index (χ4n) is 6.32. The van der Waals surface area contributed by atoms with Crippen molar-refractivity contribution < 1.29 is 19.1 Å². The lowest BCUT2D eigenvalue weighted by atomic mass is 9.83. The van der Waals surface area contributed by atoms with Crippen LogP contribution < -0.4 is 5.32 Å². The molecule has 2 fully saturated rings. The molecule has 208 valence electrons. The van der Waals surface area contributed by atoms with Crippen LogP contribution >= 0.6 is 0 Å². The summed E-state index contributed by atoms with van der Waals surface area (Å²) in [5.41, 5.74) is 3.84. The summed E-state index contributed by atoms with van der Waals surface area (Å²) in [5, 5.41) is 3.28. The number of ether oxygens (including phenoxy) is 2. The molecule has 0 spiro atoms. The smallest absolute Gasteiger partial charge is 0.336 e. The van der Waals surface area contributed by atoms with E-state index in [9.17, 15) is 9.59 Å². The molecule has 0 bridgehead atoms. The summed E-state index contributed by atoms with van der Waals surface area (Å²) < 4.78 is 11.8. The van der Waals surface area contributed by atoms with E-state index < -0.39 is 17.9 Å². The first-order chi connectivity index (χ1) is 19.0. The molecule has 0 saturated heterocycles. The number of nitrogens with zero attached hydrogens (tertiary/aromatic N) is 1. The maximum atomic E-state index is 13.7. The number of imidazole rings is 1. The predicted molar refractivity (Wildman–Crippen MR) is 150 cm³/mol. The second kappa shape index (κ2) is 12.7. The lowest BCUT2D eigenvalue weighted by Gasteiger charge is -2.30. The molecule has 7 nitrogen and oxygen atoms in total. The van der Waals surface area contributed by atoms with Gasteiger partial charge in [-0.25, -0.2) is 14.6 Å². The number of rotatable bonds is 8. The average molecular weight is 532 g/mol. The van der Waals surface area contributed by atoms with Crippen molar-refractivity contribution in [2.24, 2.45) is 11.8 Å². The maximum Gasteiger partial charge on any atom is 0.336 e. The molecule has 39 heavy (non-hydrogen) atoms. The van der Waals surface area contributed by atoms with Crippen LogP contribution in [0.5, 0.6) is 0 Å². The number of hydrogen-bond acceptors (Lipinski definition) is 6. The highest BCUT2D eigenvalue weighted by molar-refractivity contribution is 5.99.